The average molecular weight is 397 g/mol. The van der Waals surface area contributed by atoms with Crippen LogP contribution in [-0.4, -0.2) is 7.85 Å². The van der Waals surface area contributed by atoms with Crippen molar-refractivity contribution in [2.45, 2.75) is 19.7 Å². The van der Waals surface area contributed by atoms with Crippen LogP contribution < -0.4 is 5.32 Å². The van der Waals surface area contributed by atoms with Gasteiger partial charge in [0.05, 0.1) is 7.85 Å². The van der Waals surface area contributed by atoms with Crippen molar-refractivity contribution in [2.75, 3.05) is 0 Å². The molecule has 4 heteroatoms. The van der Waals surface area contributed by atoms with Crippen LogP contribution in [0.15, 0.2) is 0 Å². The second kappa shape index (κ2) is 14.3. The Morgan fingerprint density at radius 2 is 1.82 bits per heavy atom. The van der Waals surface area contributed by atoms with E-state index in [0.29, 0.717) is 5.92 Å². The molecule has 61 valence electrons. The van der Waals surface area contributed by atoms with Gasteiger partial charge in [0, 0.05) is 32.7 Å². The van der Waals surface area contributed by atoms with Crippen molar-refractivity contribution in [2.24, 2.45) is 5.92 Å². The number of hydrogen-bond acceptors (Lipinski definition) is 1. The molecule has 1 N–H and O–H groups in total. The summed E-state index contributed by atoms with van der Waals surface area (Å²) in [5.74, 6) is 0.608. The first-order valence-electron chi connectivity index (χ1n) is 2.80. The second-order valence-corrected chi connectivity index (χ2v) is 2.09. The molecule has 0 aromatic carbocycles. The van der Waals surface area contributed by atoms with E-state index in [1.807, 2.05) is 20.4 Å². The molecule has 1 nitrogen and oxygen atoms in total. The zero-order valence-corrected chi connectivity index (χ0v) is 13.3. The van der Waals surface area contributed by atoms with Gasteiger partial charge in [-0.2, -0.15) is 5.92 Å². The van der Waals surface area contributed by atoms with Crippen molar-refractivity contribution in [3.05, 3.63) is 21.0 Å². The van der Waals surface area contributed by atoms with Crippen LogP contribution in [0.5, 0.6) is 0 Å². The van der Waals surface area contributed by atoms with Gasteiger partial charge >= 0.3 is 21.1 Å². The molecule has 11 heavy (non-hydrogen) atoms. The third-order valence-corrected chi connectivity index (χ3v) is 1.21. The smallest absolute Gasteiger partial charge is 0.621 e. The van der Waals surface area contributed by atoms with Gasteiger partial charge in [0.25, 0.3) is 0 Å². The van der Waals surface area contributed by atoms with E-state index in [1.54, 1.807) is 0 Å². The molecule has 0 heterocycles. The summed E-state index contributed by atoms with van der Waals surface area (Å²) in [6.07, 6.45) is 0. The molecule has 0 aliphatic rings. The maximum Gasteiger partial charge on any atom is 2.00 e. The Morgan fingerprint density at radius 1 is 1.45 bits per heavy atom. The third-order valence-electron chi connectivity index (χ3n) is 1.21. The van der Waals surface area contributed by atoms with Gasteiger partial charge in [0.2, 0.25) is 0 Å². The predicted octanol–water partition coefficient (Wildman–Crippen LogP) is 1.59. The molecule has 0 rings (SSSR count). The van der Waals surface area contributed by atoms with Gasteiger partial charge < -0.3 is 26.3 Å². The van der Waals surface area contributed by atoms with Crippen LogP contribution >= 0.6 is 0 Å². The molecule has 0 aromatic heterocycles. The minimum atomic E-state index is 0. The zero-order chi connectivity index (χ0) is 6.57. The van der Waals surface area contributed by atoms with Gasteiger partial charge in [-0.1, -0.05) is 13.8 Å². The van der Waals surface area contributed by atoms with Crippen LogP contribution in [0.4, 0.5) is 0 Å². The van der Waals surface area contributed by atoms with Crippen molar-refractivity contribution < 1.29 is 53.8 Å². The largest absolute Gasteiger partial charge is 2.00 e. The molecule has 2 atom stereocenters. The van der Waals surface area contributed by atoms with Crippen LogP contribution in [0.25, 0.3) is 0 Å². The van der Waals surface area contributed by atoms with Crippen molar-refractivity contribution in [3.63, 3.8) is 0 Å². The molecule has 2 unspecified atom stereocenters. The fraction of sp³-hybridized carbons (Fsp3) is 0.571. The molecule has 0 amide bonds. The first-order chi connectivity index (χ1) is 3.68. The summed E-state index contributed by atoms with van der Waals surface area (Å²) in [7, 11) is 8.97. The Morgan fingerprint density at radius 3 is 1.91 bits per heavy atom. The molecule has 0 fully saturated rings. The minimum Gasteiger partial charge on any atom is -0.621 e. The van der Waals surface area contributed by atoms with Crippen molar-refractivity contribution >= 4 is 7.85 Å². The Hall–Kier alpha value is 1.82. The van der Waals surface area contributed by atoms with Crippen LogP contribution in [0.3, 0.4) is 0 Å². The molecule has 0 saturated carbocycles. The first kappa shape index (κ1) is 23.0. The molecule has 0 aromatic rings. The molecule has 0 aliphatic heterocycles. The topological polar surface area (TPSA) is 12.0 Å². The molecule has 0 bridgehead atoms. The summed E-state index contributed by atoms with van der Waals surface area (Å²) < 4.78 is 0. The Labute approximate surface area is 112 Å². The van der Waals surface area contributed by atoms with Crippen LogP contribution in [0.2, 0.25) is 5.82 Å². The van der Waals surface area contributed by atoms with Crippen LogP contribution in [0.1, 0.15) is 13.8 Å². The van der Waals surface area contributed by atoms with E-state index in [4.69, 9.17) is 7.85 Å². The summed E-state index contributed by atoms with van der Waals surface area (Å²) >= 11 is 0. The van der Waals surface area contributed by atoms with Crippen molar-refractivity contribution in [3.8, 4) is 0 Å². The maximum atomic E-state index is 5.52. The van der Waals surface area contributed by atoms with E-state index in [2.05, 4.69) is 12.4 Å². The molecular weight excluding hydrogens is 382 g/mol. The van der Waals surface area contributed by atoms with E-state index in [-0.39, 0.29) is 67.0 Å². The fourth-order valence-corrected chi connectivity index (χ4v) is 0.338. The summed E-state index contributed by atoms with van der Waals surface area (Å²) in [6, 6.07) is 0. The maximum absolute atomic E-state index is 5.52. The Kier molecular flexibility index (Phi) is 30.0. The van der Waals surface area contributed by atoms with E-state index in [1.165, 1.54) is 0 Å². The zero-order valence-electron chi connectivity index (χ0n) is 7.50. The Balaban J connectivity index is -0.0000000817. The molecule has 0 spiro atoms. The third kappa shape index (κ3) is 14.6. The number of nitrogens with one attached hydrogen (secondary N) is 1. The fourth-order valence-electron chi connectivity index (χ4n) is 0.338. The summed E-state index contributed by atoms with van der Waals surface area (Å²) in [4.78, 5) is 0. The normalized spacial score (nSPS) is 13.0. The minimum absolute atomic E-state index is 0. The van der Waals surface area contributed by atoms with Gasteiger partial charge in [-0.3, -0.25) is 0 Å². The molecule has 0 aliphatic carbocycles. The Bertz CT molecular complexity index is 64.4. The standard InChI is InChI=1S/C6H12BN.CH3.W.Y/c1-5(4-8-3)6(2)7;;;/h4-6,8H,3H2,1-2H3;1H3;;/q-2;-1;+2;. The van der Waals surface area contributed by atoms with Gasteiger partial charge in [-0.05, 0) is 0 Å². The second-order valence-electron chi connectivity index (χ2n) is 2.09. The monoisotopic (exact) mass is 397 g/mol. The van der Waals surface area contributed by atoms with Gasteiger partial charge in [0.15, 0.2) is 0 Å². The van der Waals surface area contributed by atoms with Gasteiger partial charge in [0.1, 0.15) is 0 Å². The summed E-state index contributed by atoms with van der Waals surface area (Å²) in [5.41, 5.74) is 0. The number of rotatable bonds is 3. The van der Waals surface area contributed by atoms with Gasteiger partial charge in [-0.25, -0.2) is 0 Å². The van der Waals surface area contributed by atoms with Crippen molar-refractivity contribution in [1.29, 1.82) is 0 Å². The first-order valence-corrected chi connectivity index (χ1v) is 2.80. The van der Waals surface area contributed by atoms with E-state index in [0.717, 1.165) is 0 Å². The summed E-state index contributed by atoms with van der Waals surface area (Å²) in [6.45, 7) is 5.89. The van der Waals surface area contributed by atoms with E-state index in [9.17, 15) is 0 Å². The number of hydrogen-bond donors (Lipinski definition) is 1. The average Bonchev–Trinajstić information content (AvgIpc) is 1.67. The van der Waals surface area contributed by atoms with Crippen LogP contribution in [0, 0.1) is 26.9 Å². The predicted molar refractivity (Wildman–Crippen MR) is 43.5 cm³/mol. The SMILES string of the molecule is [B]C(C)C(C)[CH-]N[CH2-].[CH3-].[W+2].[Y]. The molecular formula is C7H15BNWY-. The van der Waals surface area contributed by atoms with E-state index >= 15 is 0 Å². The molecule has 0 saturated heterocycles. The quantitative estimate of drug-likeness (QED) is 0.564. The summed E-state index contributed by atoms with van der Waals surface area (Å²) in [5, 5.41) is 2.69. The van der Waals surface area contributed by atoms with E-state index < -0.39 is 0 Å². The molecule has 3 radical (unpaired) electrons. The van der Waals surface area contributed by atoms with Gasteiger partial charge in [-0.15, -0.1) is 5.82 Å². The van der Waals surface area contributed by atoms with Crippen molar-refractivity contribution in [1.82, 2.24) is 5.32 Å². The van der Waals surface area contributed by atoms with Crippen LogP contribution in [-0.2, 0) is 53.8 Å².